The number of amides is 1. The Morgan fingerprint density at radius 3 is 2.57 bits per heavy atom. The van der Waals surface area contributed by atoms with Gasteiger partial charge in [-0.1, -0.05) is 17.7 Å². The van der Waals surface area contributed by atoms with E-state index in [0.717, 1.165) is 33.7 Å². The highest BCUT2D eigenvalue weighted by Crippen LogP contribution is 2.23. The minimum absolute atomic E-state index is 0.287. The molecule has 4 heterocycles. The second-order valence-electron chi connectivity index (χ2n) is 8.92. The van der Waals surface area contributed by atoms with Crippen molar-refractivity contribution in [1.82, 2.24) is 34.7 Å². The molecule has 0 saturated carbocycles. The third-order valence-corrected chi connectivity index (χ3v) is 6.35. The second kappa shape index (κ2) is 10.4. The number of rotatable bonds is 6. The summed E-state index contributed by atoms with van der Waals surface area (Å²) in [4.78, 5) is 36.1. The number of pyridine rings is 1. The van der Waals surface area contributed by atoms with Crippen LogP contribution >= 0.6 is 11.6 Å². The normalized spacial score (nSPS) is 14.9. The van der Waals surface area contributed by atoms with Crippen LogP contribution in [0.1, 0.15) is 23.5 Å². The van der Waals surface area contributed by atoms with Crippen LogP contribution in [-0.2, 0) is 17.8 Å². The zero-order chi connectivity index (χ0) is 26.0. The molecule has 3 aromatic heterocycles. The molecule has 1 aliphatic rings. The van der Waals surface area contributed by atoms with Gasteiger partial charge in [-0.3, -0.25) is 19.7 Å². The van der Waals surface area contributed by atoms with Crippen LogP contribution in [0.15, 0.2) is 48.9 Å². The Morgan fingerprint density at radius 2 is 1.84 bits per heavy atom. The van der Waals surface area contributed by atoms with Crippen molar-refractivity contribution in [3.63, 3.8) is 0 Å². The monoisotopic (exact) mass is 529 g/mol. The molecular formula is C25H23ClF3N7O. The molecule has 192 valence electrons. The Labute approximate surface area is 215 Å². The molecule has 0 bridgehead atoms. The smallest absolute Gasteiger partial charge is 0.342 e. The lowest BCUT2D eigenvalue weighted by molar-refractivity contribution is -0.162. The van der Waals surface area contributed by atoms with Gasteiger partial charge in [0.25, 0.3) is 0 Å². The summed E-state index contributed by atoms with van der Waals surface area (Å²) in [7, 11) is 0. The van der Waals surface area contributed by atoms with Gasteiger partial charge < -0.3 is 9.88 Å². The summed E-state index contributed by atoms with van der Waals surface area (Å²) >= 11 is 5.83. The van der Waals surface area contributed by atoms with Crippen LogP contribution in [0.5, 0.6) is 0 Å². The maximum absolute atomic E-state index is 12.5. The van der Waals surface area contributed by atoms with Crippen molar-refractivity contribution in [1.29, 1.82) is 0 Å². The van der Waals surface area contributed by atoms with E-state index < -0.39 is 18.5 Å². The van der Waals surface area contributed by atoms with E-state index in [1.54, 1.807) is 12.4 Å². The summed E-state index contributed by atoms with van der Waals surface area (Å²) in [5.41, 5.74) is 5.20. The average molecular weight is 530 g/mol. The van der Waals surface area contributed by atoms with Crippen LogP contribution in [0.4, 0.5) is 13.2 Å². The van der Waals surface area contributed by atoms with Crippen LogP contribution in [0, 0.1) is 0 Å². The number of carbonyl (C=O) groups excluding carboxylic acids is 1. The number of hydrogen-bond donors (Lipinski definition) is 1. The van der Waals surface area contributed by atoms with E-state index in [1.165, 1.54) is 11.1 Å². The van der Waals surface area contributed by atoms with Crippen LogP contribution in [-0.4, -0.2) is 73.0 Å². The Morgan fingerprint density at radius 1 is 1.03 bits per heavy atom. The summed E-state index contributed by atoms with van der Waals surface area (Å²) in [6, 6.07) is 9.74. The maximum atomic E-state index is 12.5. The van der Waals surface area contributed by atoms with Crippen molar-refractivity contribution in [3.05, 3.63) is 71.2 Å². The number of fused-ring (bicyclic) bond motifs is 1. The zero-order valence-corrected chi connectivity index (χ0v) is 20.4. The van der Waals surface area contributed by atoms with Crippen LogP contribution in [0.3, 0.4) is 0 Å². The Kier molecular flexibility index (Phi) is 7.07. The fraction of sp³-hybridized carbons (Fsp3) is 0.320. The number of carbonyl (C=O) groups is 1. The summed E-state index contributed by atoms with van der Waals surface area (Å²) in [5, 5.41) is 0.335. The van der Waals surface area contributed by atoms with Gasteiger partial charge in [-0.05, 0) is 29.8 Å². The number of aromatic amines is 1. The van der Waals surface area contributed by atoms with Crippen LogP contribution < -0.4 is 0 Å². The average Bonchev–Trinajstić information content (AvgIpc) is 3.25. The molecule has 0 aliphatic carbocycles. The minimum atomic E-state index is -4.48. The summed E-state index contributed by atoms with van der Waals surface area (Å²) in [5.74, 6) is -0.0896. The van der Waals surface area contributed by atoms with Gasteiger partial charge >= 0.3 is 6.18 Å². The molecule has 0 radical (unpaired) electrons. The SMILES string of the molecule is O=C(CC(F)(F)F)N1CCN(Cc2ccnc(Cc3nc4ccc(-c5cnc(Cl)cn5)cc4[nH]3)c2)CC1. The minimum Gasteiger partial charge on any atom is -0.342 e. The Balaban J connectivity index is 1.21. The number of hydrogen-bond acceptors (Lipinski definition) is 6. The van der Waals surface area contributed by atoms with Gasteiger partial charge in [0.15, 0.2) is 0 Å². The van der Waals surface area contributed by atoms with Gasteiger partial charge in [-0.25, -0.2) is 9.97 Å². The van der Waals surface area contributed by atoms with Gasteiger partial charge in [0.05, 0.1) is 29.1 Å². The highest BCUT2D eigenvalue weighted by Gasteiger charge is 2.34. The summed E-state index contributed by atoms with van der Waals surface area (Å²) in [6.07, 6.45) is -0.498. The van der Waals surface area contributed by atoms with E-state index >= 15 is 0 Å². The van der Waals surface area contributed by atoms with Crippen molar-refractivity contribution < 1.29 is 18.0 Å². The lowest BCUT2D eigenvalue weighted by Gasteiger charge is -2.35. The molecule has 5 rings (SSSR count). The molecule has 1 aliphatic heterocycles. The Hall–Kier alpha value is -3.57. The predicted octanol–water partition coefficient (Wildman–Crippen LogP) is 4.26. The lowest BCUT2D eigenvalue weighted by atomic mass is 10.1. The number of benzene rings is 1. The van der Waals surface area contributed by atoms with Gasteiger partial charge in [-0.15, -0.1) is 0 Å². The zero-order valence-electron chi connectivity index (χ0n) is 19.7. The van der Waals surface area contributed by atoms with Crippen molar-refractivity contribution in [2.45, 2.75) is 25.6 Å². The van der Waals surface area contributed by atoms with Gasteiger partial charge in [0, 0.05) is 56.6 Å². The van der Waals surface area contributed by atoms with Crippen molar-refractivity contribution in [3.8, 4) is 11.3 Å². The third kappa shape index (κ3) is 6.41. The van der Waals surface area contributed by atoms with E-state index in [-0.39, 0.29) is 13.1 Å². The number of nitrogens with zero attached hydrogens (tertiary/aromatic N) is 6. The number of H-pyrrole nitrogens is 1. The topological polar surface area (TPSA) is 90.9 Å². The molecule has 1 saturated heterocycles. The fourth-order valence-electron chi connectivity index (χ4n) is 4.36. The molecule has 1 aromatic carbocycles. The van der Waals surface area contributed by atoms with E-state index in [1.807, 2.05) is 30.3 Å². The molecule has 1 N–H and O–H groups in total. The highest BCUT2D eigenvalue weighted by atomic mass is 35.5. The molecule has 1 amide bonds. The van der Waals surface area contributed by atoms with Gasteiger partial charge in [0.1, 0.15) is 17.4 Å². The van der Waals surface area contributed by atoms with E-state index in [0.29, 0.717) is 36.9 Å². The predicted molar refractivity (Wildman–Crippen MR) is 132 cm³/mol. The molecule has 37 heavy (non-hydrogen) atoms. The van der Waals surface area contributed by atoms with Gasteiger partial charge in [0.2, 0.25) is 5.91 Å². The molecule has 0 atom stereocenters. The van der Waals surface area contributed by atoms with Crippen molar-refractivity contribution >= 4 is 28.5 Å². The van der Waals surface area contributed by atoms with Crippen LogP contribution in [0.25, 0.3) is 22.3 Å². The molecule has 0 unspecified atom stereocenters. The van der Waals surface area contributed by atoms with Crippen LogP contribution in [0.2, 0.25) is 5.15 Å². The first-order chi connectivity index (χ1) is 17.7. The first-order valence-corrected chi connectivity index (χ1v) is 12.1. The highest BCUT2D eigenvalue weighted by molar-refractivity contribution is 6.29. The largest absolute Gasteiger partial charge is 0.397 e. The fourth-order valence-corrected chi connectivity index (χ4v) is 4.46. The quantitative estimate of drug-likeness (QED) is 0.401. The summed E-state index contributed by atoms with van der Waals surface area (Å²) < 4.78 is 37.5. The third-order valence-electron chi connectivity index (χ3n) is 6.16. The number of piperazine rings is 1. The molecule has 0 spiro atoms. The number of nitrogens with one attached hydrogen (secondary N) is 1. The molecule has 4 aromatic rings. The molecule has 12 heteroatoms. The number of halogens is 4. The second-order valence-corrected chi connectivity index (χ2v) is 9.31. The summed E-state index contributed by atoms with van der Waals surface area (Å²) in [6.45, 7) is 2.24. The number of alkyl halides is 3. The van der Waals surface area contributed by atoms with E-state index in [9.17, 15) is 18.0 Å². The Bertz CT molecular complexity index is 1400. The number of aromatic nitrogens is 5. The van der Waals surface area contributed by atoms with Crippen molar-refractivity contribution in [2.24, 2.45) is 0 Å². The van der Waals surface area contributed by atoms with Crippen molar-refractivity contribution in [2.75, 3.05) is 26.2 Å². The number of imidazole rings is 1. The lowest BCUT2D eigenvalue weighted by Crippen LogP contribution is -2.49. The molecule has 8 nitrogen and oxygen atoms in total. The maximum Gasteiger partial charge on any atom is 0.397 e. The molecule has 1 fully saturated rings. The standard InChI is InChI=1S/C25H23ClF3N7O/c26-22-14-31-21(13-32-22)17-1-2-19-20(10-17)34-23(33-19)11-18-9-16(3-4-30-18)15-35-5-7-36(8-6-35)24(37)12-25(27,28)29/h1-4,9-10,13-14H,5-8,11-12,15H2,(H,33,34). The first kappa shape index (κ1) is 25.1. The van der Waals surface area contributed by atoms with E-state index in [2.05, 4.69) is 29.8 Å². The van der Waals surface area contributed by atoms with E-state index in [4.69, 9.17) is 11.6 Å². The first-order valence-electron chi connectivity index (χ1n) is 11.7. The molecular weight excluding hydrogens is 507 g/mol. The van der Waals surface area contributed by atoms with Gasteiger partial charge in [-0.2, -0.15) is 13.2 Å².